The fraction of sp³-hybridized carbons (Fsp3) is 0. The van der Waals surface area contributed by atoms with Crippen molar-refractivity contribution in [2.45, 2.75) is 0 Å². The lowest BCUT2D eigenvalue weighted by atomic mass is 10.2. The van der Waals surface area contributed by atoms with Gasteiger partial charge in [0.1, 0.15) is 5.75 Å². The quantitative estimate of drug-likeness (QED) is 0.749. The zero-order valence-corrected chi connectivity index (χ0v) is 7.45. The van der Waals surface area contributed by atoms with Crippen molar-refractivity contribution in [2.75, 3.05) is 0 Å². The van der Waals surface area contributed by atoms with Gasteiger partial charge in [0, 0.05) is 0 Å². The van der Waals surface area contributed by atoms with Gasteiger partial charge >= 0.3 is 7.32 Å². The van der Waals surface area contributed by atoms with Crippen LogP contribution in [0.4, 0.5) is 4.39 Å². The van der Waals surface area contributed by atoms with Crippen molar-refractivity contribution in [2.24, 2.45) is 0 Å². The Labute approximate surface area is 77.1 Å². The minimum absolute atomic E-state index is 0.209. The molecule has 0 saturated carbocycles. The Bertz CT molecular complexity index is 281. The van der Waals surface area contributed by atoms with Crippen LogP contribution in [0.3, 0.4) is 0 Å². The molecule has 0 aliphatic rings. The number of halogens is 2. The van der Waals surface area contributed by atoms with Crippen molar-refractivity contribution in [1.82, 2.24) is 0 Å². The van der Waals surface area contributed by atoms with Crippen molar-refractivity contribution in [1.29, 1.82) is 0 Å². The van der Waals surface area contributed by atoms with Gasteiger partial charge in [-0.2, -0.15) is 0 Å². The maximum Gasteiger partial charge on any atom is 0.707 e. The van der Waals surface area contributed by atoms with Gasteiger partial charge in [0.15, 0.2) is 5.82 Å². The third-order valence-corrected chi connectivity index (χ3v) is 1.76. The Kier molecular flexibility index (Phi) is 3.08. The lowest BCUT2D eigenvalue weighted by Crippen LogP contribution is -2.21. The van der Waals surface area contributed by atoms with Crippen LogP contribution in [0.2, 0.25) is 0 Å². The fourth-order valence-corrected chi connectivity index (χ4v) is 1.04. The first kappa shape index (κ1) is 9.50. The topological polar surface area (TPSA) is 49.7 Å². The standard InChI is InChI=1S/C6H5BBrFO3/c8-4-2-1-3-5(6(4)9)12-7(10)11/h1-3,10-11H. The molecule has 0 spiro atoms. The van der Waals surface area contributed by atoms with E-state index < -0.39 is 13.1 Å². The molecule has 1 aromatic rings. The molecule has 12 heavy (non-hydrogen) atoms. The predicted molar refractivity (Wildman–Crippen MR) is 44.9 cm³/mol. The molecule has 64 valence electrons. The van der Waals surface area contributed by atoms with Crippen molar-refractivity contribution >= 4 is 23.3 Å². The van der Waals surface area contributed by atoms with Crippen LogP contribution in [0, 0.1) is 5.82 Å². The molecule has 0 unspecified atom stereocenters. The van der Waals surface area contributed by atoms with Crippen LogP contribution in [0.1, 0.15) is 0 Å². The first-order valence-electron chi connectivity index (χ1n) is 3.08. The summed E-state index contributed by atoms with van der Waals surface area (Å²) in [6, 6.07) is 4.29. The smallest absolute Gasteiger partial charge is 0.510 e. The second kappa shape index (κ2) is 3.89. The minimum atomic E-state index is -2.01. The molecular weight excluding hydrogens is 230 g/mol. The van der Waals surface area contributed by atoms with Gasteiger partial charge in [0.2, 0.25) is 0 Å². The van der Waals surface area contributed by atoms with Crippen LogP contribution in [0.25, 0.3) is 0 Å². The molecule has 0 bridgehead atoms. The van der Waals surface area contributed by atoms with E-state index in [9.17, 15) is 4.39 Å². The number of hydrogen-bond donors (Lipinski definition) is 2. The van der Waals surface area contributed by atoms with Gasteiger partial charge in [-0.05, 0) is 28.1 Å². The number of rotatable bonds is 2. The van der Waals surface area contributed by atoms with E-state index in [2.05, 4.69) is 20.6 Å². The Morgan fingerprint density at radius 1 is 1.42 bits per heavy atom. The van der Waals surface area contributed by atoms with E-state index in [1.165, 1.54) is 18.2 Å². The summed E-state index contributed by atoms with van der Waals surface area (Å²) in [6.07, 6.45) is 0. The fourth-order valence-electron chi connectivity index (χ4n) is 0.689. The number of hydrogen-bond acceptors (Lipinski definition) is 3. The highest BCUT2D eigenvalue weighted by molar-refractivity contribution is 9.10. The Morgan fingerprint density at radius 3 is 2.67 bits per heavy atom. The average Bonchev–Trinajstić information content (AvgIpc) is 1.98. The van der Waals surface area contributed by atoms with Crippen LogP contribution in [0.15, 0.2) is 22.7 Å². The van der Waals surface area contributed by atoms with Gasteiger partial charge in [0.25, 0.3) is 0 Å². The van der Waals surface area contributed by atoms with Crippen LogP contribution < -0.4 is 4.65 Å². The van der Waals surface area contributed by atoms with E-state index in [4.69, 9.17) is 10.0 Å². The van der Waals surface area contributed by atoms with Gasteiger partial charge in [-0.25, -0.2) is 4.39 Å². The molecule has 3 nitrogen and oxygen atoms in total. The van der Waals surface area contributed by atoms with Crippen molar-refractivity contribution in [3.05, 3.63) is 28.5 Å². The summed E-state index contributed by atoms with van der Waals surface area (Å²) in [5, 5.41) is 16.7. The van der Waals surface area contributed by atoms with E-state index >= 15 is 0 Å². The largest absolute Gasteiger partial charge is 0.707 e. The highest BCUT2D eigenvalue weighted by atomic mass is 79.9. The average molecular weight is 235 g/mol. The van der Waals surface area contributed by atoms with E-state index in [0.29, 0.717) is 0 Å². The summed E-state index contributed by atoms with van der Waals surface area (Å²) in [5.74, 6) is -0.870. The van der Waals surface area contributed by atoms with E-state index in [1.807, 2.05) is 0 Å². The highest BCUT2D eigenvalue weighted by Gasteiger charge is 2.15. The molecule has 0 aliphatic carbocycles. The summed E-state index contributed by atoms with van der Waals surface area (Å²) in [7, 11) is -2.01. The zero-order chi connectivity index (χ0) is 9.14. The SMILES string of the molecule is OB(O)Oc1cccc(Br)c1F. The van der Waals surface area contributed by atoms with Gasteiger partial charge in [0.05, 0.1) is 4.47 Å². The van der Waals surface area contributed by atoms with Crippen molar-refractivity contribution in [3.8, 4) is 5.75 Å². The molecule has 0 aromatic heterocycles. The summed E-state index contributed by atoms with van der Waals surface area (Å²) < 4.78 is 17.5. The normalized spacial score (nSPS) is 9.67. The van der Waals surface area contributed by atoms with E-state index in [0.717, 1.165) is 0 Å². The van der Waals surface area contributed by atoms with Crippen LogP contribution >= 0.6 is 15.9 Å². The maximum absolute atomic E-state index is 13.0. The van der Waals surface area contributed by atoms with Crippen LogP contribution in [-0.4, -0.2) is 17.4 Å². The number of benzene rings is 1. The molecule has 0 amide bonds. The second-order valence-electron chi connectivity index (χ2n) is 2.00. The Balaban J connectivity index is 2.92. The van der Waals surface area contributed by atoms with E-state index in [-0.39, 0.29) is 10.2 Å². The molecule has 0 aliphatic heterocycles. The molecule has 1 aromatic carbocycles. The van der Waals surface area contributed by atoms with Gasteiger partial charge in [-0.1, -0.05) is 6.07 Å². The van der Waals surface area contributed by atoms with Crippen LogP contribution in [-0.2, 0) is 0 Å². The summed E-state index contributed by atoms with van der Waals surface area (Å²) in [6.45, 7) is 0. The molecule has 0 saturated heterocycles. The summed E-state index contributed by atoms with van der Waals surface area (Å²) in [4.78, 5) is 0. The molecule has 2 N–H and O–H groups in total. The zero-order valence-electron chi connectivity index (χ0n) is 5.87. The van der Waals surface area contributed by atoms with Gasteiger partial charge < -0.3 is 14.7 Å². The monoisotopic (exact) mass is 234 g/mol. The molecule has 0 atom stereocenters. The Morgan fingerprint density at radius 2 is 2.08 bits per heavy atom. The minimum Gasteiger partial charge on any atom is -0.510 e. The predicted octanol–water partition coefficient (Wildman–Crippen LogP) is 0.936. The van der Waals surface area contributed by atoms with E-state index in [1.54, 1.807) is 0 Å². The third kappa shape index (κ3) is 2.20. The summed E-state index contributed by atoms with van der Waals surface area (Å²) in [5.41, 5.74) is 0. The lowest BCUT2D eigenvalue weighted by Gasteiger charge is -2.05. The van der Waals surface area contributed by atoms with Gasteiger partial charge in [-0.15, -0.1) is 0 Å². The molecule has 1 rings (SSSR count). The second-order valence-corrected chi connectivity index (χ2v) is 2.85. The molecule has 0 heterocycles. The van der Waals surface area contributed by atoms with Crippen molar-refractivity contribution < 1.29 is 19.1 Å². The Hall–Kier alpha value is -0.585. The molecule has 0 fully saturated rings. The van der Waals surface area contributed by atoms with Crippen LogP contribution in [0.5, 0.6) is 5.75 Å². The third-order valence-electron chi connectivity index (χ3n) is 1.15. The van der Waals surface area contributed by atoms with Gasteiger partial charge in [-0.3, -0.25) is 0 Å². The maximum atomic E-state index is 13.0. The molecule has 0 radical (unpaired) electrons. The first-order valence-corrected chi connectivity index (χ1v) is 3.87. The lowest BCUT2D eigenvalue weighted by molar-refractivity contribution is 0.281. The first-order chi connectivity index (χ1) is 5.61. The molecular formula is C6H5BBrFO3. The summed E-state index contributed by atoms with van der Waals surface area (Å²) >= 11 is 2.92. The highest BCUT2D eigenvalue weighted by Crippen LogP contribution is 2.24. The van der Waals surface area contributed by atoms with Crippen molar-refractivity contribution in [3.63, 3.8) is 0 Å². The molecule has 6 heteroatoms.